The van der Waals surface area contributed by atoms with E-state index in [2.05, 4.69) is 31.9 Å². The van der Waals surface area contributed by atoms with Crippen LogP contribution in [0.3, 0.4) is 0 Å². The summed E-state index contributed by atoms with van der Waals surface area (Å²) >= 11 is 2.60. The van der Waals surface area contributed by atoms with Crippen molar-refractivity contribution in [2.45, 2.75) is 19.0 Å². The lowest BCUT2D eigenvalue weighted by Gasteiger charge is -2.08. The van der Waals surface area contributed by atoms with Crippen molar-refractivity contribution in [3.63, 3.8) is 0 Å². The smallest absolute Gasteiger partial charge is 0.236 e. The zero-order chi connectivity index (χ0) is 23.4. The number of methoxy groups -OCH3 is 2. The molecule has 0 aliphatic heterocycles. The summed E-state index contributed by atoms with van der Waals surface area (Å²) in [5.41, 5.74) is 4.62. The number of thiazole rings is 1. The fourth-order valence-corrected chi connectivity index (χ4v) is 4.62. The van der Waals surface area contributed by atoms with Crippen molar-refractivity contribution in [3.8, 4) is 28.4 Å². The third-order valence-corrected chi connectivity index (χ3v) is 6.47. The van der Waals surface area contributed by atoms with Crippen molar-refractivity contribution >= 4 is 34.1 Å². The van der Waals surface area contributed by atoms with Crippen LogP contribution in [0.1, 0.15) is 11.1 Å². The van der Waals surface area contributed by atoms with Gasteiger partial charge in [-0.15, -0.1) is 16.4 Å². The number of nitrogens with one attached hydrogen (secondary N) is 1. The predicted octanol–water partition coefficient (Wildman–Crippen LogP) is 4.15. The van der Waals surface area contributed by atoms with Gasteiger partial charge in [0.05, 0.1) is 31.4 Å². The molecule has 0 aliphatic carbocycles. The van der Waals surface area contributed by atoms with Crippen LogP contribution in [0.15, 0.2) is 46.9 Å². The molecule has 170 valence electrons. The molecular weight excluding hydrogens is 460 g/mol. The predicted molar refractivity (Wildman–Crippen MR) is 129 cm³/mol. The number of hydrogen-bond acceptors (Lipinski definition) is 9. The topological polar surface area (TPSA) is 104 Å². The monoisotopic (exact) mass is 482 g/mol. The van der Waals surface area contributed by atoms with E-state index < -0.39 is 0 Å². The lowest BCUT2D eigenvalue weighted by atomic mass is 10.1. The highest BCUT2D eigenvalue weighted by Crippen LogP contribution is 2.35. The third-order valence-electron chi connectivity index (χ3n) is 4.79. The average molecular weight is 483 g/mol. The Morgan fingerprint density at radius 1 is 1.15 bits per heavy atom. The van der Waals surface area contributed by atoms with Crippen molar-refractivity contribution in [3.05, 3.63) is 52.9 Å². The van der Waals surface area contributed by atoms with Crippen LogP contribution in [-0.2, 0) is 4.79 Å². The number of ether oxygens (including phenoxy) is 2. The van der Waals surface area contributed by atoms with Gasteiger partial charge in [0.1, 0.15) is 11.5 Å². The molecule has 2 aromatic heterocycles. The van der Waals surface area contributed by atoms with Crippen LogP contribution in [0.4, 0.5) is 5.13 Å². The lowest BCUT2D eigenvalue weighted by molar-refractivity contribution is -0.113. The molecule has 0 saturated carbocycles. The van der Waals surface area contributed by atoms with Crippen LogP contribution in [0.2, 0.25) is 0 Å². The van der Waals surface area contributed by atoms with Gasteiger partial charge in [-0.3, -0.25) is 4.79 Å². The second kappa shape index (κ2) is 10.0. The Balaban J connectivity index is 1.42. The molecule has 1 amide bonds. The summed E-state index contributed by atoms with van der Waals surface area (Å²) in [5, 5.41) is 17.7. The minimum Gasteiger partial charge on any atom is -0.497 e. The summed E-state index contributed by atoms with van der Waals surface area (Å²) in [7, 11) is 3.19. The summed E-state index contributed by atoms with van der Waals surface area (Å²) in [6.45, 7) is 4.04. The zero-order valence-corrected chi connectivity index (χ0v) is 20.2. The van der Waals surface area contributed by atoms with Crippen LogP contribution >= 0.6 is 23.1 Å². The van der Waals surface area contributed by atoms with Crippen molar-refractivity contribution in [1.29, 1.82) is 0 Å². The van der Waals surface area contributed by atoms with Crippen LogP contribution in [0.25, 0.3) is 16.9 Å². The Morgan fingerprint density at radius 3 is 2.76 bits per heavy atom. The van der Waals surface area contributed by atoms with E-state index in [-0.39, 0.29) is 11.7 Å². The van der Waals surface area contributed by atoms with Crippen molar-refractivity contribution in [2.75, 3.05) is 25.3 Å². The van der Waals surface area contributed by atoms with E-state index in [9.17, 15) is 4.79 Å². The molecule has 2 heterocycles. The highest BCUT2D eigenvalue weighted by Gasteiger charge is 2.16. The Bertz CT molecular complexity index is 1290. The molecule has 0 atom stereocenters. The number of rotatable bonds is 8. The van der Waals surface area contributed by atoms with E-state index in [1.165, 1.54) is 23.1 Å². The van der Waals surface area contributed by atoms with Crippen molar-refractivity contribution in [1.82, 2.24) is 25.2 Å². The van der Waals surface area contributed by atoms with E-state index in [0.29, 0.717) is 27.5 Å². The van der Waals surface area contributed by atoms with Crippen molar-refractivity contribution in [2.24, 2.45) is 0 Å². The average Bonchev–Trinajstić information content (AvgIpc) is 3.47. The number of thioether (sulfide) groups is 1. The quantitative estimate of drug-likeness (QED) is 0.374. The maximum atomic E-state index is 12.5. The zero-order valence-electron chi connectivity index (χ0n) is 18.5. The van der Waals surface area contributed by atoms with E-state index in [4.69, 9.17) is 9.47 Å². The first kappa shape index (κ1) is 22.7. The molecule has 4 aromatic rings. The number of carbonyl (C=O) groups is 1. The van der Waals surface area contributed by atoms with Crippen LogP contribution < -0.4 is 14.8 Å². The molecule has 0 unspecified atom stereocenters. The number of benzene rings is 2. The van der Waals surface area contributed by atoms with Gasteiger partial charge < -0.3 is 14.8 Å². The number of anilines is 1. The molecule has 1 N–H and O–H groups in total. The standard InChI is InChI=1S/C22H22N6O3S2/c1-13-5-8-18(14(2)9-13)28-22(25-26-27-28)33-12-20(29)24-21-23-17(11-32-21)16-7-6-15(30-3)10-19(16)31-4/h5-11H,12H2,1-4H3,(H,23,24,29). The second-order valence-corrected chi connectivity index (χ2v) is 8.90. The van der Waals surface area contributed by atoms with Gasteiger partial charge in [-0.2, -0.15) is 4.68 Å². The first-order valence-electron chi connectivity index (χ1n) is 9.95. The van der Waals surface area contributed by atoms with Gasteiger partial charge >= 0.3 is 0 Å². The first-order valence-corrected chi connectivity index (χ1v) is 11.8. The summed E-state index contributed by atoms with van der Waals surface area (Å²) in [6, 6.07) is 11.5. The fourth-order valence-electron chi connectivity index (χ4n) is 3.21. The molecule has 11 heteroatoms. The largest absolute Gasteiger partial charge is 0.497 e. The highest BCUT2D eigenvalue weighted by molar-refractivity contribution is 7.99. The number of amides is 1. The molecule has 0 fully saturated rings. The molecule has 0 aliphatic rings. The SMILES string of the molecule is COc1ccc(-c2csc(NC(=O)CSc3nnnn3-c3ccc(C)cc3C)n2)c(OC)c1. The van der Waals surface area contributed by atoms with Crippen LogP contribution in [0.5, 0.6) is 11.5 Å². The number of carbonyl (C=O) groups excluding carboxylic acids is 1. The van der Waals surface area contributed by atoms with E-state index >= 15 is 0 Å². The van der Waals surface area contributed by atoms with Gasteiger partial charge in [0, 0.05) is 17.0 Å². The maximum Gasteiger partial charge on any atom is 0.236 e. The summed E-state index contributed by atoms with van der Waals surface area (Å²) in [6.07, 6.45) is 0. The van der Waals surface area contributed by atoms with Crippen molar-refractivity contribution < 1.29 is 14.3 Å². The van der Waals surface area contributed by atoms with E-state index in [0.717, 1.165) is 22.4 Å². The molecule has 0 spiro atoms. The number of aryl methyl sites for hydroxylation is 2. The number of aromatic nitrogens is 5. The maximum absolute atomic E-state index is 12.5. The number of tetrazole rings is 1. The highest BCUT2D eigenvalue weighted by atomic mass is 32.2. The summed E-state index contributed by atoms with van der Waals surface area (Å²) in [5.74, 6) is 1.29. The van der Waals surface area contributed by atoms with Gasteiger partial charge in [0.2, 0.25) is 11.1 Å². The third kappa shape index (κ3) is 5.15. The molecule has 4 rings (SSSR count). The molecule has 33 heavy (non-hydrogen) atoms. The van der Waals surface area contributed by atoms with Gasteiger partial charge in [-0.05, 0) is 48.0 Å². The molecule has 9 nitrogen and oxygen atoms in total. The number of nitrogens with zero attached hydrogens (tertiary/aromatic N) is 5. The molecule has 2 aromatic carbocycles. The normalized spacial score (nSPS) is 10.8. The van der Waals surface area contributed by atoms with Gasteiger partial charge in [-0.1, -0.05) is 29.5 Å². The van der Waals surface area contributed by atoms with Gasteiger partial charge in [-0.25, -0.2) is 4.98 Å². The van der Waals surface area contributed by atoms with E-state index in [1.54, 1.807) is 25.0 Å². The lowest BCUT2D eigenvalue weighted by Crippen LogP contribution is -2.14. The molecule has 0 saturated heterocycles. The Morgan fingerprint density at radius 2 is 2.00 bits per heavy atom. The summed E-state index contributed by atoms with van der Waals surface area (Å²) < 4.78 is 12.3. The van der Waals surface area contributed by atoms with Gasteiger partial charge in [0.25, 0.3) is 0 Å². The van der Waals surface area contributed by atoms with Crippen LogP contribution in [-0.4, -0.2) is 51.1 Å². The molecule has 0 bridgehead atoms. The van der Waals surface area contributed by atoms with Gasteiger partial charge in [0.15, 0.2) is 5.13 Å². The summed E-state index contributed by atoms with van der Waals surface area (Å²) in [4.78, 5) is 17.1. The Hall–Kier alpha value is -3.44. The fraction of sp³-hybridized carbons (Fsp3) is 0.227. The second-order valence-electron chi connectivity index (χ2n) is 7.10. The minimum atomic E-state index is -0.197. The van der Waals surface area contributed by atoms with E-state index in [1.807, 2.05) is 43.5 Å². The Labute approximate surface area is 199 Å². The molecular formula is C22H22N6O3S2. The Kier molecular flexibility index (Phi) is 6.90. The minimum absolute atomic E-state index is 0.145. The number of hydrogen-bond donors (Lipinski definition) is 1. The molecule has 0 radical (unpaired) electrons. The van der Waals surface area contributed by atoms with Crippen LogP contribution in [0, 0.1) is 13.8 Å². The first-order chi connectivity index (χ1) is 16.0.